The Morgan fingerprint density at radius 3 is 2.54 bits per heavy atom. The number of nitrogens with zero attached hydrogens (tertiary/aromatic N) is 2. The number of aryl methyl sites for hydroxylation is 1. The van der Waals surface area contributed by atoms with E-state index in [0.717, 1.165) is 0 Å². The highest BCUT2D eigenvalue weighted by Crippen LogP contribution is 2.18. The Labute approximate surface area is 150 Å². The lowest BCUT2D eigenvalue weighted by Crippen LogP contribution is -2.26. The predicted octanol–water partition coefficient (Wildman–Crippen LogP) is 2.65. The molecule has 1 amide bonds. The number of nitrogens with one attached hydrogen (secondary N) is 1. The molecule has 0 fully saturated rings. The second-order valence-corrected chi connectivity index (χ2v) is 7.69. The molecule has 0 unspecified atom stereocenters. The molecule has 0 atom stereocenters. The van der Waals surface area contributed by atoms with E-state index >= 15 is 0 Å². The van der Waals surface area contributed by atoms with Gasteiger partial charge in [0.2, 0.25) is 10.0 Å². The van der Waals surface area contributed by atoms with Crippen LogP contribution in [-0.4, -0.2) is 30.8 Å². The van der Waals surface area contributed by atoms with Crippen molar-refractivity contribution in [3.8, 4) is 0 Å². The third-order valence-corrected chi connectivity index (χ3v) is 5.47. The van der Waals surface area contributed by atoms with Crippen LogP contribution in [0.4, 0.5) is 5.82 Å². The largest absolute Gasteiger partial charge is 0.468 e. The van der Waals surface area contributed by atoms with Crippen LogP contribution < -0.4 is 5.32 Å². The molecule has 9 heteroatoms. The van der Waals surface area contributed by atoms with E-state index in [-0.39, 0.29) is 11.4 Å². The van der Waals surface area contributed by atoms with Crippen LogP contribution in [0.5, 0.6) is 0 Å². The summed E-state index contributed by atoms with van der Waals surface area (Å²) in [5, 5.41) is 6.25. The van der Waals surface area contributed by atoms with Gasteiger partial charge in [0.1, 0.15) is 11.5 Å². The van der Waals surface area contributed by atoms with E-state index < -0.39 is 15.9 Å². The topological polar surface area (TPSA) is 106 Å². The summed E-state index contributed by atoms with van der Waals surface area (Å²) in [5.74, 6) is 0.991. The smallest absolute Gasteiger partial charge is 0.256 e. The van der Waals surface area contributed by atoms with Crippen molar-refractivity contribution >= 4 is 21.7 Å². The number of carbonyl (C=O) groups is 1. The van der Waals surface area contributed by atoms with Crippen molar-refractivity contribution in [2.24, 2.45) is 0 Å². The minimum atomic E-state index is -3.70. The van der Waals surface area contributed by atoms with Crippen LogP contribution >= 0.6 is 0 Å². The van der Waals surface area contributed by atoms with Gasteiger partial charge in [-0.1, -0.05) is 5.16 Å². The van der Waals surface area contributed by atoms with Gasteiger partial charge in [0.15, 0.2) is 5.82 Å². The molecule has 8 nitrogen and oxygen atoms in total. The minimum absolute atomic E-state index is 0.0837. The van der Waals surface area contributed by atoms with Crippen molar-refractivity contribution in [3.63, 3.8) is 0 Å². The predicted molar refractivity (Wildman–Crippen MR) is 93.0 cm³/mol. The molecule has 0 radical (unpaired) electrons. The van der Waals surface area contributed by atoms with E-state index in [1.807, 2.05) is 0 Å². The monoisotopic (exact) mass is 375 g/mol. The lowest BCUT2D eigenvalue weighted by molar-refractivity contribution is 0.102. The first-order chi connectivity index (χ1) is 12.4. The molecule has 0 aliphatic carbocycles. The zero-order valence-electron chi connectivity index (χ0n) is 14.2. The number of anilines is 1. The fourth-order valence-electron chi connectivity index (χ4n) is 2.28. The normalized spacial score (nSPS) is 11.7. The van der Waals surface area contributed by atoms with Crippen molar-refractivity contribution in [2.75, 3.05) is 12.4 Å². The third-order valence-electron chi connectivity index (χ3n) is 3.65. The molecule has 136 valence electrons. The number of amides is 1. The summed E-state index contributed by atoms with van der Waals surface area (Å²) in [4.78, 5) is 12.2. The number of aromatic nitrogens is 1. The van der Waals surface area contributed by atoms with E-state index in [9.17, 15) is 13.2 Å². The van der Waals surface area contributed by atoms with Crippen LogP contribution in [0, 0.1) is 6.92 Å². The maximum Gasteiger partial charge on any atom is 0.256 e. The Balaban J connectivity index is 1.72. The Morgan fingerprint density at radius 1 is 1.23 bits per heavy atom. The number of sulfonamides is 1. The zero-order chi connectivity index (χ0) is 18.7. The highest BCUT2D eigenvalue weighted by Gasteiger charge is 2.22. The van der Waals surface area contributed by atoms with E-state index in [4.69, 9.17) is 8.94 Å². The molecule has 2 heterocycles. The van der Waals surface area contributed by atoms with Crippen molar-refractivity contribution < 1.29 is 22.2 Å². The molecule has 1 N–H and O–H groups in total. The summed E-state index contributed by atoms with van der Waals surface area (Å²) in [6, 6.07) is 10.6. The summed E-state index contributed by atoms with van der Waals surface area (Å²) >= 11 is 0. The molecule has 0 saturated carbocycles. The minimum Gasteiger partial charge on any atom is -0.468 e. The van der Waals surface area contributed by atoms with Crippen LogP contribution in [-0.2, 0) is 16.6 Å². The summed E-state index contributed by atoms with van der Waals surface area (Å²) in [7, 11) is -2.24. The molecule has 26 heavy (non-hydrogen) atoms. The molecule has 0 spiro atoms. The molecule has 3 rings (SSSR count). The van der Waals surface area contributed by atoms with Gasteiger partial charge in [0, 0.05) is 18.7 Å². The Kier molecular flexibility index (Phi) is 4.92. The number of benzene rings is 1. The Morgan fingerprint density at radius 2 is 1.96 bits per heavy atom. The van der Waals surface area contributed by atoms with Gasteiger partial charge < -0.3 is 14.3 Å². The van der Waals surface area contributed by atoms with Crippen molar-refractivity contribution in [1.29, 1.82) is 0 Å². The number of furan rings is 1. The van der Waals surface area contributed by atoms with Crippen molar-refractivity contribution in [3.05, 3.63) is 65.8 Å². The zero-order valence-corrected chi connectivity index (χ0v) is 15.0. The van der Waals surface area contributed by atoms with Gasteiger partial charge >= 0.3 is 0 Å². The highest BCUT2D eigenvalue weighted by atomic mass is 32.2. The maximum absolute atomic E-state index is 12.6. The van der Waals surface area contributed by atoms with Crippen molar-refractivity contribution in [1.82, 2.24) is 9.46 Å². The van der Waals surface area contributed by atoms with Gasteiger partial charge in [0.05, 0.1) is 17.7 Å². The number of carbonyl (C=O) groups excluding carboxylic acids is 1. The standard InChI is InChI=1S/C17H17N3O5S/c1-12-10-16(19-25-12)18-17(21)13-5-7-15(8-6-13)26(22,23)20(2)11-14-4-3-9-24-14/h3-10H,11H2,1-2H3,(H,18,19,21). The molecule has 0 aliphatic heterocycles. The molecule has 2 aromatic heterocycles. The van der Waals surface area contributed by atoms with Gasteiger partial charge in [-0.05, 0) is 43.3 Å². The van der Waals surface area contributed by atoms with Gasteiger partial charge in [-0.25, -0.2) is 8.42 Å². The molecule has 3 aromatic rings. The fourth-order valence-corrected chi connectivity index (χ4v) is 3.42. The summed E-state index contributed by atoms with van der Waals surface area (Å²) in [6.45, 7) is 1.82. The van der Waals surface area contributed by atoms with Crippen LogP contribution in [0.3, 0.4) is 0 Å². The summed E-state index contributed by atoms with van der Waals surface area (Å²) in [6.07, 6.45) is 1.49. The molecule has 0 aliphatic rings. The fraction of sp³-hybridized carbons (Fsp3) is 0.176. The lowest BCUT2D eigenvalue weighted by atomic mass is 10.2. The second-order valence-electron chi connectivity index (χ2n) is 5.64. The van der Waals surface area contributed by atoms with E-state index in [1.54, 1.807) is 25.1 Å². The Bertz CT molecular complexity index is 991. The van der Waals surface area contributed by atoms with E-state index in [0.29, 0.717) is 22.9 Å². The lowest BCUT2D eigenvalue weighted by Gasteiger charge is -2.16. The second kappa shape index (κ2) is 7.14. The first-order valence-corrected chi connectivity index (χ1v) is 9.14. The van der Waals surface area contributed by atoms with Crippen LogP contribution in [0.25, 0.3) is 0 Å². The average Bonchev–Trinajstić information content (AvgIpc) is 3.26. The summed E-state index contributed by atoms with van der Waals surface area (Å²) in [5.41, 5.74) is 0.304. The number of hydrogen-bond donors (Lipinski definition) is 1. The first kappa shape index (κ1) is 17.9. The number of rotatable bonds is 6. The highest BCUT2D eigenvalue weighted by molar-refractivity contribution is 7.89. The van der Waals surface area contributed by atoms with Crippen LogP contribution in [0.15, 0.2) is 62.6 Å². The first-order valence-electron chi connectivity index (χ1n) is 7.70. The molecular weight excluding hydrogens is 358 g/mol. The molecule has 0 bridgehead atoms. The molecule has 0 saturated heterocycles. The van der Waals surface area contributed by atoms with Gasteiger partial charge in [-0.3, -0.25) is 4.79 Å². The van der Waals surface area contributed by atoms with Gasteiger partial charge in [-0.15, -0.1) is 0 Å². The summed E-state index contributed by atoms with van der Waals surface area (Å²) < 4.78 is 36.4. The van der Waals surface area contributed by atoms with Gasteiger partial charge in [-0.2, -0.15) is 4.31 Å². The SMILES string of the molecule is Cc1cc(NC(=O)c2ccc(S(=O)(=O)N(C)Cc3ccco3)cc2)no1. The third kappa shape index (κ3) is 3.84. The van der Waals surface area contributed by atoms with E-state index in [1.165, 1.54) is 41.9 Å². The average molecular weight is 375 g/mol. The molecular formula is C17H17N3O5S. The Hall–Kier alpha value is -2.91. The van der Waals surface area contributed by atoms with E-state index in [2.05, 4.69) is 10.5 Å². The van der Waals surface area contributed by atoms with Crippen LogP contribution in [0.2, 0.25) is 0 Å². The van der Waals surface area contributed by atoms with Gasteiger partial charge in [0.25, 0.3) is 5.91 Å². The van der Waals surface area contributed by atoms with Crippen molar-refractivity contribution in [2.45, 2.75) is 18.4 Å². The quantitative estimate of drug-likeness (QED) is 0.710. The maximum atomic E-state index is 12.6. The molecule has 1 aromatic carbocycles. The number of hydrogen-bond acceptors (Lipinski definition) is 6. The van der Waals surface area contributed by atoms with Crippen LogP contribution in [0.1, 0.15) is 21.9 Å².